The van der Waals surface area contributed by atoms with Crippen LogP contribution < -0.4 is 10.5 Å². The van der Waals surface area contributed by atoms with Crippen LogP contribution in [0.4, 0.5) is 5.69 Å². The Bertz CT molecular complexity index is 672. The molecular formula is C14H9Cl2N2O2-. The van der Waals surface area contributed by atoms with E-state index in [0.717, 1.165) is 0 Å². The molecule has 0 saturated carbocycles. The van der Waals surface area contributed by atoms with E-state index in [1.807, 2.05) is 0 Å². The molecule has 0 aromatic heterocycles. The number of nitrogens with zero attached hydrogens (tertiary/aromatic N) is 1. The Balaban J connectivity index is 2.18. The van der Waals surface area contributed by atoms with Gasteiger partial charge in [0.2, 0.25) is 0 Å². The van der Waals surface area contributed by atoms with Crippen LogP contribution in [0.15, 0.2) is 47.6 Å². The average molecular weight is 308 g/mol. The highest BCUT2D eigenvalue weighted by Crippen LogP contribution is 2.25. The monoisotopic (exact) mass is 307 g/mol. The third kappa shape index (κ3) is 3.50. The van der Waals surface area contributed by atoms with Gasteiger partial charge in [0, 0.05) is 16.1 Å². The molecular weight excluding hydrogens is 299 g/mol. The van der Waals surface area contributed by atoms with Crippen LogP contribution in [-0.2, 0) is 0 Å². The quantitative estimate of drug-likeness (QED) is 0.698. The van der Waals surface area contributed by atoms with Crippen LogP contribution in [0.1, 0.15) is 15.9 Å². The molecule has 0 atom stereocenters. The number of carboxylic acids is 1. The summed E-state index contributed by atoms with van der Waals surface area (Å²) in [4.78, 5) is 10.9. The van der Waals surface area contributed by atoms with Crippen molar-refractivity contribution in [1.82, 2.24) is 0 Å². The van der Waals surface area contributed by atoms with Crippen molar-refractivity contribution in [1.29, 1.82) is 0 Å². The van der Waals surface area contributed by atoms with Crippen LogP contribution in [0.3, 0.4) is 0 Å². The summed E-state index contributed by atoms with van der Waals surface area (Å²) in [6.45, 7) is 0. The lowest BCUT2D eigenvalue weighted by atomic mass is 10.1. The first-order valence-corrected chi connectivity index (χ1v) is 6.38. The summed E-state index contributed by atoms with van der Waals surface area (Å²) in [5.74, 6) is -1.26. The number of halogens is 2. The zero-order valence-corrected chi connectivity index (χ0v) is 11.7. The van der Waals surface area contributed by atoms with Crippen LogP contribution in [0, 0.1) is 0 Å². The lowest BCUT2D eigenvalue weighted by Crippen LogP contribution is -2.23. The van der Waals surface area contributed by atoms with E-state index in [4.69, 9.17) is 23.2 Å². The molecule has 0 amide bonds. The zero-order chi connectivity index (χ0) is 14.5. The first-order valence-electron chi connectivity index (χ1n) is 5.62. The number of hydrazone groups is 1. The van der Waals surface area contributed by atoms with Crippen LogP contribution in [0.2, 0.25) is 10.0 Å². The number of benzene rings is 2. The van der Waals surface area contributed by atoms with Crippen molar-refractivity contribution in [3.63, 3.8) is 0 Å². The van der Waals surface area contributed by atoms with Gasteiger partial charge in [-0.2, -0.15) is 5.10 Å². The molecule has 0 radical (unpaired) electrons. The SMILES string of the molecule is O=C([O-])c1ccccc1/C=N\Nc1cc(Cl)ccc1Cl. The summed E-state index contributed by atoms with van der Waals surface area (Å²) in [6, 6.07) is 11.3. The first kappa shape index (κ1) is 14.4. The highest BCUT2D eigenvalue weighted by molar-refractivity contribution is 6.35. The fourth-order valence-corrected chi connectivity index (χ4v) is 1.88. The van der Waals surface area contributed by atoms with Gasteiger partial charge in [0.05, 0.1) is 22.9 Å². The van der Waals surface area contributed by atoms with Gasteiger partial charge in [0.1, 0.15) is 0 Å². The Hall–Kier alpha value is -2.04. The second-order valence-corrected chi connectivity index (χ2v) is 4.71. The van der Waals surface area contributed by atoms with E-state index < -0.39 is 5.97 Å². The highest BCUT2D eigenvalue weighted by atomic mass is 35.5. The second-order valence-electron chi connectivity index (χ2n) is 3.87. The van der Waals surface area contributed by atoms with Crippen molar-refractivity contribution >= 4 is 41.1 Å². The Labute approximate surface area is 125 Å². The molecule has 2 aromatic carbocycles. The molecule has 0 heterocycles. The van der Waals surface area contributed by atoms with Crippen LogP contribution in [-0.4, -0.2) is 12.2 Å². The fourth-order valence-electron chi connectivity index (χ4n) is 1.55. The van der Waals surface area contributed by atoms with E-state index in [1.54, 1.807) is 36.4 Å². The minimum absolute atomic E-state index is 0.0650. The lowest BCUT2D eigenvalue weighted by Gasteiger charge is -2.06. The Morgan fingerprint density at radius 1 is 1.20 bits per heavy atom. The number of rotatable bonds is 4. The number of aromatic carboxylic acids is 1. The molecule has 0 unspecified atom stereocenters. The standard InChI is InChI=1S/C14H10Cl2N2O2/c15-10-5-6-12(16)13(7-10)18-17-8-9-3-1-2-4-11(9)14(19)20/h1-8,18H,(H,19,20)/p-1/b17-8-. The summed E-state index contributed by atoms with van der Waals surface area (Å²) in [5.41, 5.74) is 3.73. The molecule has 0 saturated heterocycles. The van der Waals surface area contributed by atoms with Crippen molar-refractivity contribution in [3.8, 4) is 0 Å². The molecule has 4 nitrogen and oxygen atoms in total. The van der Waals surface area contributed by atoms with Gasteiger partial charge in [0.15, 0.2) is 0 Å². The van der Waals surface area contributed by atoms with E-state index in [1.165, 1.54) is 12.3 Å². The van der Waals surface area contributed by atoms with Crippen molar-refractivity contribution in [2.24, 2.45) is 5.10 Å². The second kappa shape index (κ2) is 6.41. The molecule has 6 heteroatoms. The van der Waals surface area contributed by atoms with Gasteiger partial charge in [0.25, 0.3) is 0 Å². The van der Waals surface area contributed by atoms with Gasteiger partial charge >= 0.3 is 0 Å². The fraction of sp³-hybridized carbons (Fsp3) is 0. The molecule has 0 aliphatic heterocycles. The van der Waals surface area contributed by atoms with Crippen LogP contribution in [0.25, 0.3) is 0 Å². The topological polar surface area (TPSA) is 64.5 Å². The van der Waals surface area contributed by atoms with Gasteiger partial charge in [-0.3, -0.25) is 5.43 Å². The first-order chi connectivity index (χ1) is 9.58. The Morgan fingerprint density at radius 2 is 1.95 bits per heavy atom. The van der Waals surface area contributed by atoms with Crippen LogP contribution in [0.5, 0.6) is 0 Å². The van der Waals surface area contributed by atoms with Crippen molar-refractivity contribution in [2.75, 3.05) is 5.43 Å². The molecule has 2 rings (SSSR count). The number of carbonyl (C=O) groups excluding carboxylic acids is 1. The summed E-state index contributed by atoms with van der Waals surface area (Å²) in [5, 5.41) is 15.8. The number of carboxylic acid groups (broad SMARTS) is 1. The van der Waals surface area contributed by atoms with E-state index in [-0.39, 0.29) is 5.56 Å². The Morgan fingerprint density at radius 3 is 2.70 bits per heavy atom. The minimum atomic E-state index is -1.26. The third-order valence-electron chi connectivity index (χ3n) is 2.50. The molecule has 0 bridgehead atoms. The molecule has 2 aromatic rings. The predicted octanol–water partition coefficient (Wildman–Crippen LogP) is 2.80. The van der Waals surface area contributed by atoms with Gasteiger partial charge < -0.3 is 9.90 Å². The maximum absolute atomic E-state index is 10.9. The number of hydrogen-bond donors (Lipinski definition) is 1. The summed E-state index contributed by atoms with van der Waals surface area (Å²) in [7, 11) is 0. The smallest absolute Gasteiger partial charge is 0.0762 e. The highest BCUT2D eigenvalue weighted by Gasteiger charge is 2.01. The van der Waals surface area contributed by atoms with Crippen molar-refractivity contribution < 1.29 is 9.90 Å². The largest absolute Gasteiger partial charge is 0.545 e. The maximum atomic E-state index is 10.9. The Kier molecular flexibility index (Phi) is 4.61. The maximum Gasteiger partial charge on any atom is 0.0762 e. The zero-order valence-electron chi connectivity index (χ0n) is 10.1. The molecule has 1 N–H and O–H groups in total. The predicted molar refractivity (Wildman–Crippen MR) is 78.5 cm³/mol. The molecule has 0 spiro atoms. The average Bonchev–Trinajstić information content (AvgIpc) is 2.43. The third-order valence-corrected chi connectivity index (χ3v) is 3.06. The van der Waals surface area contributed by atoms with Gasteiger partial charge in [-0.25, -0.2) is 0 Å². The molecule has 0 fully saturated rings. The van der Waals surface area contributed by atoms with Gasteiger partial charge in [-0.15, -0.1) is 0 Å². The van der Waals surface area contributed by atoms with Gasteiger partial charge in [-0.1, -0.05) is 47.5 Å². The molecule has 20 heavy (non-hydrogen) atoms. The van der Waals surface area contributed by atoms with E-state index in [0.29, 0.717) is 21.3 Å². The van der Waals surface area contributed by atoms with E-state index in [9.17, 15) is 9.90 Å². The summed E-state index contributed by atoms with van der Waals surface area (Å²) in [6.07, 6.45) is 1.38. The summed E-state index contributed by atoms with van der Waals surface area (Å²) >= 11 is 11.8. The van der Waals surface area contributed by atoms with E-state index >= 15 is 0 Å². The molecule has 0 aliphatic rings. The lowest BCUT2D eigenvalue weighted by molar-refractivity contribution is -0.255. The number of nitrogens with one attached hydrogen (secondary N) is 1. The van der Waals surface area contributed by atoms with Gasteiger partial charge in [-0.05, 0) is 18.2 Å². The molecule has 0 aliphatic carbocycles. The minimum Gasteiger partial charge on any atom is -0.545 e. The number of anilines is 1. The number of hydrogen-bond acceptors (Lipinski definition) is 4. The number of carbonyl (C=O) groups is 1. The van der Waals surface area contributed by atoms with Crippen molar-refractivity contribution in [2.45, 2.75) is 0 Å². The van der Waals surface area contributed by atoms with Crippen molar-refractivity contribution in [3.05, 3.63) is 63.6 Å². The van der Waals surface area contributed by atoms with E-state index in [2.05, 4.69) is 10.5 Å². The normalized spacial score (nSPS) is 10.7. The molecule has 102 valence electrons. The summed E-state index contributed by atoms with van der Waals surface area (Å²) < 4.78 is 0. The van der Waals surface area contributed by atoms with Crippen LogP contribution >= 0.6 is 23.2 Å².